The molecule has 1 atom stereocenters. The number of benzene rings is 1. The summed E-state index contributed by atoms with van der Waals surface area (Å²) in [5.74, 6) is -0.532. The second kappa shape index (κ2) is 8.08. The molecule has 2 aromatic heterocycles. The molecule has 2 heterocycles. The fourth-order valence-electron chi connectivity index (χ4n) is 2.89. The van der Waals surface area contributed by atoms with Gasteiger partial charge in [0.1, 0.15) is 6.04 Å². The van der Waals surface area contributed by atoms with Gasteiger partial charge < -0.3 is 10.6 Å². The molecule has 0 aliphatic rings. The second-order valence-electron chi connectivity index (χ2n) is 6.73. The fraction of sp³-hybridized carbons (Fsp3) is 0.300. The van der Waals surface area contributed by atoms with E-state index in [1.54, 1.807) is 43.5 Å². The number of hydrogen-bond acceptors (Lipinski definition) is 4. The summed E-state index contributed by atoms with van der Waals surface area (Å²) in [6.45, 7) is 4.98. The number of amides is 2. The molecule has 0 radical (unpaired) electrons. The van der Waals surface area contributed by atoms with Crippen LogP contribution in [0.3, 0.4) is 0 Å². The van der Waals surface area contributed by atoms with Gasteiger partial charge in [-0.25, -0.2) is 0 Å². The fourth-order valence-corrected chi connectivity index (χ4v) is 2.89. The third-order valence-electron chi connectivity index (χ3n) is 4.63. The quantitative estimate of drug-likeness (QED) is 0.678. The van der Waals surface area contributed by atoms with Gasteiger partial charge in [0.2, 0.25) is 5.91 Å². The van der Waals surface area contributed by atoms with Crippen molar-refractivity contribution in [1.29, 1.82) is 0 Å². The molecule has 8 nitrogen and oxygen atoms in total. The van der Waals surface area contributed by atoms with Crippen LogP contribution < -0.4 is 5.73 Å². The molecular weight excluding hydrogens is 356 g/mol. The van der Waals surface area contributed by atoms with E-state index in [1.807, 2.05) is 36.0 Å². The summed E-state index contributed by atoms with van der Waals surface area (Å²) < 4.78 is 3.35. The summed E-state index contributed by atoms with van der Waals surface area (Å²) in [5, 5.41) is 8.44. The van der Waals surface area contributed by atoms with E-state index in [-0.39, 0.29) is 5.91 Å². The minimum Gasteiger partial charge on any atom is -0.368 e. The van der Waals surface area contributed by atoms with Crippen LogP contribution in [0.15, 0.2) is 49.1 Å². The number of primary amides is 1. The largest absolute Gasteiger partial charge is 0.368 e. The number of hydrogen-bond donors (Lipinski definition) is 1. The Bertz CT molecular complexity index is 990. The first-order valence-electron chi connectivity index (χ1n) is 9.09. The Morgan fingerprint density at radius 1 is 1.18 bits per heavy atom. The van der Waals surface area contributed by atoms with E-state index in [9.17, 15) is 9.59 Å². The molecule has 3 rings (SSSR count). The average Bonchev–Trinajstić information content (AvgIpc) is 3.36. The summed E-state index contributed by atoms with van der Waals surface area (Å²) in [6, 6.07) is 6.81. The van der Waals surface area contributed by atoms with Gasteiger partial charge in [-0.1, -0.05) is 12.1 Å². The molecule has 0 aliphatic carbocycles. The van der Waals surface area contributed by atoms with Crippen LogP contribution in [0.2, 0.25) is 0 Å². The monoisotopic (exact) mass is 380 g/mol. The van der Waals surface area contributed by atoms with Crippen LogP contribution >= 0.6 is 0 Å². The lowest BCUT2D eigenvalue weighted by Crippen LogP contribution is -2.26. The number of carbonyl (C=O) groups is 2. The van der Waals surface area contributed by atoms with E-state index in [2.05, 4.69) is 10.2 Å². The van der Waals surface area contributed by atoms with Crippen LogP contribution in [-0.4, -0.2) is 43.3 Å². The Morgan fingerprint density at radius 3 is 2.64 bits per heavy atom. The van der Waals surface area contributed by atoms with Crippen molar-refractivity contribution in [2.45, 2.75) is 33.0 Å². The highest BCUT2D eigenvalue weighted by Gasteiger charge is 2.16. The van der Waals surface area contributed by atoms with Crippen LogP contribution in [0.4, 0.5) is 0 Å². The molecular formula is C20H24N6O2. The lowest BCUT2D eigenvalue weighted by atomic mass is 10.1. The van der Waals surface area contributed by atoms with Crippen molar-refractivity contribution in [3.8, 4) is 11.1 Å². The highest BCUT2D eigenvalue weighted by molar-refractivity contribution is 5.95. The maximum absolute atomic E-state index is 12.8. The van der Waals surface area contributed by atoms with Crippen molar-refractivity contribution >= 4 is 11.8 Å². The minimum atomic E-state index is -0.534. The first-order chi connectivity index (χ1) is 13.4. The predicted octanol–water partition coefficient (Wildman–Crippen LogP) is 2.08. The smallest absolute Gasteiger partial charge is 0.253 e. The Hall–Kier alpha value is -3.42. The topological polar surface area (TPSA) is 99.0 Å². The number of nitrogens with two attached hydrogens (primary N) is 1. The van der Waals surface area contributed by atoms with Gasteiger partial charge in [-0.2, -0.15) is 10.2 Å². The van der Waals surface area contributed by atoms with E-state index < -0.39 is 11.9 Å². The molecule has 0 bridgehead atoms. The maximum atomic E-state index is 12.8. The van der Waals surface area contributed by atoms with Crippen LogP contribution in [0.5, 0.6) is 0 Å². The Labute approximate surface area is 163 Å². The molecule has 0 spiro atoms. The van der Waals surface area contributed by atoms with Crippen LogP contribution in [-0.2, 0) is 17.9 Å². The van der Waals surface area contributed by atoms with Gasteiger partial charge in [-0.3, -0.25) is 19.0 Å². The normalized spacial score (nSPS) is 12.0. The van der Waals surface area contributed by atoms with E-state index >= 15 is 0 Å². The molecule has 0 saturated carbocycles. The summed E-state index contributed by atoms with van der Waals surface area (Å²) in [4.78, 5) is 25.8. The number of aromatic nitrogens is 4. The van der Waals surface area contributed by atoms with Gasteiger partial charge in [0.05, 0.1) is 12.4 Å². The summed E-state index contributed by atoms with van der Waals surface area (Å²) >= 11 is 0. The van der Waals surface area contributed by atoms with E-state index in [0.717, 1.165) is 23.2 Å². The maximum Gasteiger partial charge on any atom is 0.253 e. The first-order valence-corrected chi connectivity index (χ1v) is 9.09. The Morgan fingerprint density at radius 2 is 1.96 bits per heavy atom. The molecule has 8 heteroatoms. The number of carbonyl (C=O) groups excluding carboxylic acids is 2. The molecule has 2 amide bonds. The first kappa shape index (κ1) is 19.3. The van der Waals surface area contributed by atoms with Crippen molar-refractivity contribution in [2.24, 2.45) is 5.73 Å². The molecule has 1 aromatic carbocycles. The van der Waals surface area contributed by atoms with Crippen molar-refractivity contribution in [1.82, 2.24) is 24.5 Å². The highest BCUT2D eigenvalue weighted by Crippen LogP contribution is 2.22. The molecule has 0 aliphatic heterocycles. The zero-order valence-corrected chi connectivity index (χ0v) is 16.2. The highest BCUT2D eigenvalue weighted by atomic mass is 16.2. The third-order valence-corrected chi connectivity index (χ3v) is 4.63. The minimum absolute atomic E-state index is 0.0796. The molecule has 0 unspecified atom stereocenters. The zero-order chi connectivity index (χ0) is 20.3. The van der Waals surface area contributed by atoms with Crippen molar-refractivity contribution < 1.29 is 9.59 Å². The molecule has 3 aromatic rings. The van der Waals surface area contributed by atoms with Crippen molar-refractivity contribution in [3.63, 3.8) is 0 Å². The SMILES string of the molecule is CCn1cc(CN(C)C(=O)c2cccc(-c3cnn([C@@H](C)C(N)=O)c3)c2)cn1. The van der Waals surface area contributed by atoms with Gasteiger partial charge in [0.15, 0.2) is 0 Å². The van der Waals surface area contributed by atoms with E-state index in [4.69, 9.17) is 5.73 Å². The lowest BCUT2D eigenvalue weighted by molar-refractivity contribution is -0.120. The zero-order valence-electron chi connectivity index (χ0n) is 16.2. The second-order valence-corrected chi connectivity index (χ2v) is 6.73. The van der Waals surface area contributed by atoms with E-state index in [0.29, 0.717) is 12.1 Å². The molecule has 2 N–H and O–H groups in total. The number of nitrogens with zero attached hydrogens (tertiary/aromatic N) is 5. The van der Waals surface area contributed by atoms with Crippen molar-refractivity contribution in [2.75, 3.05) is 7.05 Å². The van der Waals surface area contributed by atoms with E-state index in [1.165, 1.54) is 4.68 Å². The predicted molar refractivity (Wildman–Crippen MR) is 105 cm³/mol. The van der Waals surface area contributed by atoms with Gasteiger partial charge in [-0.05, 0) is 31.5 Å². The van der Waals surface area contributed by atoms with Gasteiger partial charge >= 0.3 is 0 Å². The molecule has 0 saturated heterocycles. The molecule has 146 valence electrons. The standard InChI is InChI=1S/C20H24N6O2/c1-4-25-12-15(9-22-25)11-24(3)20(28)17-7-5-6-16(8-17)18-10-23-26(13-18)14(2)19(21)27/h5-10,12-14H,4,11H2,1-3H3,(H2,21,27)/t14-/m0/s1. The number of rotatable bonds is 7. The van der Waals surface area contributed by atoms with Gasteiger partial charge in [0.25, 0.3) is 5.91 Å². The van der Waals surface area contributed by atoms with Crippen LogP contribution in [0.1, 0.15) is 35.8 Å². The lowest BCUT2D eigenvalue weighted by Gasteiger charge is -2.16. The van der Waals surface area contributed by atoms with Crippen molar-refractivity contribution in [3.05, 3.63) is 60.2 Å². The van der Waals surface area contributed by atoms with Crippen LogP contribution in [0.25, 0.3) is 11.1 Å². The molecule has 28 heavy (non-hydrogen) atoms. The average molecular weight is 380 g/mol. The Kier molecular flexibility index (Phi) is 5.58. The number of aryl methyl sites for hydroxylation is 1. The third kappa shape index (κ3) is 4.11. The van der Waals surface area contributed by atoms with Crippen LogP contribution in [0, 0.1) is 0 Å². The van der Waals surface area contributed by atoms with Gasteiger partial charge in [-0.15, -0.1) is 0 Å². The summed E-state index contributed by atoms with van der Waals surface area (Å²) in [5.41, 5.74) is 8.56. The summed E-state index contributed by atoms with van der Waals surface area (Å²) in [7, 11) is 1.77. The van der Waals surface area contributed by atoms with Gasteiger partial charge in [0, 0.05) is 49.2 Å². The Balaban J connectivity index is 1.76. The molecule has 0 fully saturated rings. The summed E-state index contributed by atoms with van der Waals surface area (Å²) in [6.07, 6.45) is 7.13.